The van der Waals surface area contributed by atoms with E-state index in [1.165, 1.54) is 18.3 Å². The highest BCUT2D eigenvalue weighted by molar-refractivity contribution is 5.84. The molecule has 1 aromatic heterocycles. The van der Waals surface area contributed by atoms with Crippen LogP contribution < -0.4 is 11.0 Å². The second kappa shape index (κ2) is 7.77. The summed E-state index contributed by atoms with van der Waals surface area (Å²) in [5.41, 5.74) is 3.19. The first kappa shape index (κ1) is 17.6. The van der Waals surface area contributed by atoms with Gasteiger partial charge in [-0.3, -0.25) is 9.78 Å². The first-order valence-electron chi connectivity index (χ1n) is 7.78. The van der Waals surface area contributed by atoms with Crippen LogP contribution in [0.1, 0.15) is 16.7 Å². The molecule has 0 aliphatic rings. The van der Waals surface area contributed by atoms with Gasteiger partial charge >= 0.3 is 0 Å². The molecule has 2 aromatic carbocycles. The standard InChI is InChI=1S/C20H12FN5O/c1-2-15-14(9-6-10-17(15)21)12-23-26-20-24-18(13-7-4-3-5-8-13)16(11-22)19(27)25-20/h1,3-10,12H,(H2,24,25,26,27). The van der Waals surface area contributed by atoms with Crippen molar-refractivity contribution in [3.8, 4) is 29.7 Å². The minimum absolute atomic E-state index is 0.0350. The van der Waals surface area contributed by atoms with Crippen LogP contribution in [0.3, 0.4) is 0 Å². The number of hydrogen-bond donors (Lipinski definition) is 2. The molecule has 0 saturated heterocycles. The maximum Gasteiger partial charge on any atom is 0.270 e. The molecule has 0 unspecified atom stereocenters. The van der Waals surface area contributed by atoms with Gasteiger partial charge in [-0.05, 0) is 6.07 Å². The number of nitrogens with one attached hydrogen (secondary N) is 2. The fourth-order valence-electron chi connectivity index (χ4n) is 2.40. The van der Waals surface area contributed by atoms with E-state index in [1.54, 1.807) is 30.3 Å². The van der Waals surface area contributed by atoms with Crippen molar-refractivity contribution in [2.45, 2.75) is 0 Å². The molecule has 0 radical (unpaired) electrons. The van der Waals surface area contributed by atoms with Crippen molar-refractivity contribution in [3.63, 3.8) is 0 Å². The molecule has 3 rings (SSSR count). The lowest BCUT2D eigenvalue weighted by molar-refractivity contribution is 0.624. The van der Waals surface area contributed by atoms with Gasteiger partial charge in [-0.25, -0.2) is 14.8 Å². The van der Waals surface area contributed by atoms with Crippen LogP contribution in [0.25, 0.3) is 11.3 Å². The summed E-state index contributed by atoms with van der Waals surface area (Å²) < 4.78 is 13.7. The lowest BCUT2D eigenvalue weighted by Crippen LogP contribution is -2.16. The number of hydrogen-bond acceptors (Lipinski definition) is 5. The first-order chi connectivity index (χ1) is 13.1. The van der Waals surface area contributed by atoms with Crippen molar-refractivity contribution in [1.82, 2.24) is 9.97 Å². The van der Waals surface area contributed by atoms with Gasteiger partial charge in [0.25, 0.3) is 5.56 Å². The number of nitrogens with zero attached hydrogens (tertiary/aromatic N) is 3. The zero-order valence-corrected chi connectivity index (χ0v) is 13.9. The highest BCUT2D eigenvalue weighted by Gasteiger charge is 2.12. The molecular formula is C20H12FN5O. The maximum atomic E-state index is 13.7. The van der Waals surface area contributed by atoms with Crippen LogP contribution in [0, 0.1) is 29.5 Å². The Hall–Kier alpha value is -4.23. The van der Waals surface area contributed by atoms with Crippen LogP contribution in [0.4, 0.5) is 10.3 Å². The number of rotatable bonds is 4. The summed E-state index contributed by atoms with van der Waals surface area (Å²) in [5, 5.41) is 13.2. The zero-order valence-electron chi connectivity index (χ0n) is 13.9. The van der Waals surface area contributed by atoms with Crippen LogP contribution in [0.5, 0.6) is 0 Å². The second-order valence-electron chi connectivity index (χ2n) is 5.33. The van der Waals surface area contributed by atoms with Crippen LogP contribution in [-0.4, -0.2) is 16.2 Å². The normalized spacial score (nSPS) is 10.3. The van der Waals surface area contributed by atoms with Crippen LogP contribution in [0.15, 0.2) is 58.4 Å². The minimum Gasteiger partial charge on any atom is -0.290 e. The van der Waals surface area contributed by atoms with E-state index in [1.807, 2.05) is 12.1 Å². The number of anilines is 1. The van der Waals surface area contributed by atoms with Crippen LogP contribution in [-0.2, 0) is 0 Å². The number of nitriles is 1. The van der Waals surface area contributed by atoms with Crippen molar-refractivity contribution in [2.24, 2.45) is 5.10 Å². The minimum atomic E-state index is -0.598. The molecule has 0 saturated carbocycles. The van der Waals surface area contributed by atoms with Gasteiger partial charge in [0.2, 0.25) is 5.95 Å². The lowest BCUT2D eigenvalue weighted by atomic mass is 10.1. The smallest absolute Gasteiger partial charge is 0.270 e. The quantitative estimate of drug-likeness (QED) is 0.426. The van der Waals surface area contributed by atoms with E-state index in [4.69, 9.17) is 6.42 Å². The third-order valence-electron chi connectivity index (χ3n) is 3.64. The second-order valence-corrected chi connectivity index (χ2v) is 5.33. The van der Waals surface area contributed by atoms with Gasteiger partial charge < -0.3 is 0 Å². The molecule has 0 fully saturated rings. The Morgan fingerprint density at radius 2 is 1.96 bits per heavy atom. The maximum absolute atomic E-state index is 13.7. The Morgan fingerprint density at radius 3 is 2.67 bits per heavy atom. The fraction of sp³-hybridized carbons (Fsp3) is 0. The Balaban J connectivity index is 1.94. The average molecular weight is 357 g/mol. The van der Waals surface area contributed by atoms with Crippen LogP contribution in [0.2, 0.25) is 0 Å². The molecule has 27 heavy (non-hydrogen) atoms. The fourth-order valence-corrected chi connectivity index (χ4v) is 2.40. The van der Waals surface area contributed by atoms with Gasteiger partial charge in [0.05, 0.1) is 17.5 Å². The van der Waals surface area contributed by atoms with Crippen molar-refractivity contribution in [1.29, 1.82) is 5.26 Å². The molecule has 3 aromatic rings. The first-order valence-corrected chi connectivity index (χ1v) is 7.78. The summed E-state index contributed by atoms with van der Waals surface area (Å²) in [7, 11) is 0. The third-order valence-corrected chi connectivity index (χ3v) is 3.64. The number of terminal acetylenes is 1. The monoisotopic (exact) mass is 357 g/mol. The molecule has 1 heterocycles. The summed E-state index contributed by atoms with van der Waals surface area (Å²) in [4.78, 5) is 18.8. The largest absolute Gasteiger partial charge is 0.290 e. The predicted molar refractivity (Wildman–Crippen MR) is 101 cm³/mol. The number of H-pyrrole nitrogens is 1. The molecule has 0 atom stereocenters. The number of hydrazone groups is 1. The van der Waals surface area contributed by atoms with E-state index >= 15 is 0 Å². The summed E-state index contributed by atoms with van der Waals surface area (Å²) in [6.45, 7) is 0. The summed E-state index contributed by atoms with van der Waals surface area (Å²) in [6.07, 6.45) is 6.63. The Kier molecular flexibility index (Phi) is 5.06. The molecule has 0 spiro atoms. The summed E-state index contributed by atoms with van der Waals surface area (Å²) >= 11 is 0. The van der Waals surface area contributed by atoms with Gasteiger partial charge in [0.15, 0.2) is 0 Å². The zero-order chi connectivity index (χ0) is 19.2. The topological polar surface area (TPSA) is 93.9 Å². The van der Waals surface area contributed by atoms with E-state index in [0.29, 0.717) is 11.1 Å². The molecule has 2 N–H and O–H groups in total. The number of aromatic nitrogens is 2. The number of benzene rings is 2. The van der Waals surface area contributed by atoms with E-state index in [0.717, 1.165) is 0 Å². The number of halogens is 1. The molecular weight excluding hydrogens is 345 g/mol. The van der Waals surface area contributed by atoms with Gasteiger partial charge in [-0.2, -0.15) is 10.4 Å². The van der Waals surface area contributed by atoms with Gasteiger partial charge in [-0.15, -0.1) is 6.42 Å². The third kappa shape index (κ3) is 3.73. The van der Waals surface area contributed by atoms with E-state index in [-0.39, 0.29) is 22.8 Å². The van der Waals surface area contributed by atoms with Crippen molar-refractivity contribution in [3.05, 3.63) is 81.4 Å². The van der Waals surface area contributed by atoms with Gasteiger partial charge in [0.1, 0.15) is 17.4 Å². The highest BCUT2D eigenvalue weighted by atomic mass is 19.1. The van der Waals surface area contributed by atoms with Crippen molar-refractivity contribution < 1.29 is 4.39 Å². The lowest BCUT2D eigenvalue weighted by Gasteiger charge is -2.06. The Labute approximate surface area is 154 Å². The van der Waals surface area contributed by atoms with Gasteiger partial charge in [0, 0.05) is 11.1 Å². The molecule has 0 amide bonds. The van der Waals surface area contributed by atoms with Crippen molar-refractivity contribution >= 4 is 12.2 Å². The van der Waals surface area contributed by atoms with Crippen LogP contribution >= 0.6 is 0 Å². The SMILES string of the molecule is C#Cc1c(F)cccc1C=NNc1nc(-c2ccccc2)c(C#N)c(=O)[nH]1. The van der Waals surface area contributed by atoms with Gasteiger partial charge in [-0.1, -0.05) is 48.4 Å². The molecule has 0 aliphatic heterocycles. The number of aromatic amines is 1. The van der Waals surface area contributed by atoms with E-state index in [9.17, 15) is 14.4 Å². The Morgan fingerprint density at radius 1 is 1.19 bits per heavy atom. The molecule has 7 heteroatoms. The van der Waals surface area contributed by atoms with E-state index in [2.05, 4.69) is 26.4 Å². The van der Waals surface area contributed by atoms with E-state index < -0.39 is 11.4 Å². The molecule has 0 aliphatic carbocycles. The molecule has 130 valence electrons. The predicted octanol–water partition coefficient (Wildman–Crippen LogP) is 2.87. The Bertz CT molecular complexity index is 1150. The average Bonchev–Trinajstić information content (AvgIpc) is 2.68. The van der Waals surface area contributed by atoms with Crippen molar-refractivity contribution in [2.75, 3.05) is 5.43 Å². The molecule has 6 nitrogen and oxygen atoms in total. The summed E-state index contributed by atoms with van der Waals surface area (Å²) in [5.74, 6) is 1.77. The highest BCUT2D eigenvalue weighted by Crippen LogP contribution is 2.19. The molecule has 0 bridgehead atoms. The summed E-state index contributed by atoms with van der Waals surface area (Å²) in [6, 6.07) is 15.1.